The summed E-state index contributed by atoms with van der Waals surface area (Å²) in [6, 6.07) is 3.06. The van der Waals surface area contributed by atoms with Crippen LogP contribution in [0.3, 0.4) is 0 Å². The van der Waals surface area contributed by atoms with Crippen LogP contribution in [0.15, 0.2) is 29.9 Å². The number of benzene rings is 1. The molecule has 13 rings (SSSR count). The van der Waals surface area contributed by atoms with Crippen LogP contribution in [0.5, 0.6) is 17.2 Å². The zero-order valence-electron chi connectivity index (χ0n) is 69.4. The van der Waals surface area contributed by atoms with Gasteiger partial charge in [-0.05, 0) is 136 Å². The van der Waals surface area contributed by atoms with Crippen molar-refractivity contribution in [2.75, 3.05) is 67.6 Å². The average molecular weight is 1750 g/mol. The van der Waals surface area contributed by atoms with Crippen LogP contribution in [-0.4, -0.2) is 390 Å². The number of allylic oxidation sites excluding steroid dienone is 1. The molecule has 12 aliphatic rings. The Morgan fingerprint density at radius 3 is 1.66 bits per heavy atom. The van der Waals surface area contributed by atoms with E-state index in [4.69, 9.17) is 85.3 Å². The summed E-state index contributed by atoms with van der Waals surface area (Å²) in [5.74, 6) is -4.52. The van der Waals surface area contributed by atoms with E-state index in [1.54, 1.807) is 0 Å². The van der Waals surface area contributed by atoms with Crippen LogP contribution < -0.4 is 14.2 Å². The lowest BCUT2D eigenvalue weighted by Gasteiger charge is -2.71. The highest BCUT2D eigenvalue weighted by Crippen LogP contribution is 2.76. The van der Waals surface area contributed by atoms with Crippen molar-refractivity contribution < 1.29 is 202 Å². The third kappa shape index (κ3) is 16.7. The largest absolute Gasteiger partial charge is 0.493 e. The number of carboxylic acid groups (broad SMARTS) is 1. The fourth-order valence-corrected chi connectivity index (χ4v) is 21.9. The summed E-state index contributed by atoms with van der Waals surface area (Å²) in [6.45, 7) is 6.93. The molecule has 0 bridgehead atoms. The number of ether oxygens (including phenoxy) is 18. The van der Waals surface area contributed by atoms with E-state index >= 15 is 4.79 Å². The van der Waals surface area contributed by atoms with Crippen LogP contribution in [0.1, 0.15) is 112 Å². The summed E-state index contributed by atoms with van der Waals surface area (Å²) < 4.78 is 109. The monoisotopic (exact) mass is 1750 g/mol. The molecule has 0 amide bonds. The first-order chi connectivity index (χ1) is 57.5. The summed E-state index contributed by atoms with van der Waals surface area (Å²) >= 11 is 0. The Labute approximate surface area is 702 Å². The lowest BCUT2D eigenvalue weighted by Crippen LogP contribution is -2.71. The number of carboxylic acids is 1. The Hall–Kier alpha value is -4.77. The molecular formula is C81H122O41. The number of carbonyl (C=O) groups is 3. The second kappa shape index (κ2) is 36.6. The highest BCUT2D eigenvalue weighted by atomic mass is 16.8. The Morgan fingerprint density at radius 1 is 0.508 bits per heavy atom. The van der Waals surface area contributed by atoms with Crippen LogP contribution in [-0.2, 0) is 85.4 Å². The number of rotatable bonds is 25. The molecule has 41 nitrogen and oxygen atoms in total. The van der Waals surface area contributed by atoms with Crippen molar-refractivity contribution in [1.29, 1.82) is 0 Å². The summed E-state index contributed by atoms with van der Waals surface area (Å²) in [4.78, 5) is 44.7. The predicted molar refractivity (Wildman–Crippen MR) is 404 cm³/mol. The van der Waals surface area contributed by atoms with Crippen LogP contribution in [0.4, 0.5) is 0 Å². The first-order valence-corrected chi connectivity index (χ1v) is 41.5. The quantitative estimate of drug-likeness (QED) is 0.0188. The summed E-state index contributed by atoms with van der Waals surface area (Å²) in [7, 11) is 4.17. The lowest BCUT2D eigenvalue weighted by atomic mass is 9.33. The molecule has 0 aromatic heterocycles. The standard InChI is InChI=1S/C81H122O41/c1-32-57(115-46(89)14-11-34-21-40(105-8)60(107-10)41(22-34)106-9)55(98)62(119-69-56(99)61(118-67-53(96)50(93)48(91)42(25-82)113-67)58(33(2)111-69)116-70-63(120-66-52(95)47(90)38(87)27-108-66)59(39(88)28-109-70)117-72-64(100)81(104,30-85)31-110-72)71(112-32)122-74(103)79-18-17-75(3,4)23-36(79)35-12-13-44-76(5)24-37(86)65(121-68-54(97)51(94)49(92)43(26-83)114-68)78(7,73(101)102)45(76)15-16-77(44,6)80(35,29-84)20-19-79/h11-12,14,21-22,32-33,36-39,42-45,47-59,61-72,82-88,90-100,104H,13,15-20,23-31H2,1-10H3,(H,101,102)/b14-11-/t32-,33+,36+,37?,38-,39+,42-,43-,44-,45-,47+,48+,49-,50+,51+,52-,53-,54-,55+,56-,57+,58+,59+,61+,62-,63-,64+,65?,66+,67+,68+,69+,70+,71+,72+,76-,77-,78+,79+,80+,81-/m1/s1. The number of methoxy groups -OCH3 is 3. The molecule has 1 aromatic carbocycles. The van der Waals surface area contributed by atoms with Gasteiger partial charge < -0.3 is 187 Å². The van der Waals surface area contributed by atoms with E-state index in [1.807, 2.05) is 26.8 Å². The molecule has 2 unspecified atom stereocenters. The van der Waals surface area contributed by atoms with Gasteiger partial charge in [0.25, 0.3) is 0 Å². The predicted octanol–water partition coefficient (Wildman–Crippen LogP) is -5.29. The van der Waals surface area contributed by atoms with Gasteiger partial charge in [0, 0.05) is 11.5 Å². The Morgan fingerprint density at radius 2 is 1.07 bits per heavy atom. The van der Waals surface area contributed by atoms with Crippen molar-refractivity contribution >= 4 is 24.0 Å². The smallest absolute Gasteiger partial charge is 0.331 e. The number of aliphatic hydroxyl groups excluding tert-OH is 18. The number of esters is 2. The van der Waals surface area contributed by atoms with E-state index in [1.165, 1.54) is 60.3 Å². The van der Waals surface area contributed by atoms with E-state index < -0.39 is 317 Å². The number of carbonyl (C=O) groups excluding carboxylic acids is 2. The van der Waals surface area contributed by atoms with Crippen molar-refractivity contribution in [2.45, 2.75) is 308 Å². The molecule has 7 heterocycles. The van der Waals surface area contributed by atoms with Crippen molar-refractivity contribution in [2.24, 2.45) is 50.2 Å². The number of hydrogen-bond donors (Lipinski definition) is 20. The van der Waals surface area contributed by atoms with Gasteiger partial charge in [0.2, 0.25) is 12.0 Å². The maximum Gasteiger partial charge on any atom is 0.331 e. The molecule has 122 heavy (non-hydrogen) atoms. The molecule has 41 atom stereocenters. The Balaban J connectivity index is 0.838. The van der Waals surface area contributed by atoms with Gasteiger partial charge in [0.1, 0.15) is 128 Å². The average Bonchev–Trinajstić information content (AvgIpc) is 0.759. The molecular weight excluding hydrogens is 1630 g/mol. The second-order valence-electron chi connectivity index (χ2n) is 36.5. The SMILES string of the molecule is COc1cc(/C=C\C(=O)O[C@@H]2[C@H](O)[C@@H](O[C@@H]3O[C@@H](C)[C@H](O[C@@H]4OC[C@H](O)[C@H](O[C@@H]5OC[C@](O)(CO)[C@H]5O)[C@H]4O[C@@H]4OC[C@@H](O)[C@H](O)[C@H]4O)[C@@H](O[C@@H]4O[C@H](CO)[C@H](O)[C@H](O)[C@H]4O)[C@H]3O)[C@H](OC(=O)[C@]34CCC(C)(C)C[C@H]3C3=CC[C@@H]5[C@@]6(C)CC(O)C(O[C@@H]7O[C@H](CO)[C@@H](O)[C@H](O)[C@H]7O)[C@@](C)(C(=O)O)[C@@H]6CC[C@@]5(C)[C@]3(CO)CC4)O[C@@H]2C)cc(OC)c1OC. The third-order valence-corrected chi connectivity index (χ3v) is 29.0. The van der Waals surface area contributed by atoms with Gasteiger partial charge in [0.15, 0.2) is 61.4 Å². The molecule has 11 fully saturated rings. The zero-order valence-corrected chi connectivity index (χ0v) is 69.4. The molecule has 7 saturated heterocycles. The molecule has 692 valence electrons. The number of aliphatic hydroxyl groups is 19. The maximum atomic E-state index is 16.4. The van der Waals surface area contributed by atoms with E-state index in [0.29, 0.717) is 24.8 Å². The van der Waals surface area contributed by atoms with Crippen LogP contribution in [0, 0.1) is 50.2 Å². The second-order valence-corrected chi connectivity index (χ2v) is 36.5. The molecule has 7 aliphatic heterocycles. The van der Waals surface area contributed by atoms with Crippen LogP contribution in [0.2, 0.25) is 0 Å². The van der Waals surface area contributed by atoms with Gasteiger partial charge in [-0.3, -0.25) is 9.59 Å². The van der Waals surface area contributed by atoms with Crippen LogP contribution >= 0.6 is 0 Å². The number of aliphatic carboxylic acids is 1. The minimum Gasteiger partial charge on any atom is -0.493 e. The van der Waals surface area contributed by atoms with E-state index in [9.17, 15) is 112 Å². The van der Waals surface area contributed by atoms with Crippen molar-refractivity contribution in [3.05, 3.63) is 35.4 Å². The zero-order chi connectivity index (χ0) is 88.9. The molecule has 1 aromatic rings. The van der Waals surface area contributed by atoms with Gasteiger partial charge >= 0.3 is 17.9 Å². The molecule has 4 saturated carbocycles. The highest BCUT2D eigenvalue weighted by molar-refractivity contribution is 5.87. The normalized spacial score (nSPS) is 48.9. The summed E-state index contributed by atoms with van der Waals surface area (Å²) in [6.07, 6.45) is -54.1. The van der Waals surface area contributed by atoms with Gasteiger partial charge in [0.05, 0.1) is 96.7 Å². The minimum absolute atomic E-state index is 0.0504. The van der Waals surface area contributed by atoms with Gasteiger partial charge in [-0.15, -0.1) is 0 Å². The molecule has 20 N–H and O–H groups in total. The van der Waals surface area contributed by atoms with Crippen LogP contribution in [0.25, 0.3) is 6.08 Å². The summed E-state index contributed by atoms with van der Waals surface area (Å²) in [5.41, 5.74) is -8.09. The highest BCUT2D eigenvalue weighted by Gasteiger charge is 2.74. The summed E-state index contributed by atoms with van der Waals surface area (Å²) in [5, 5.41) is 225. The van der Waals surface area contributed by atoms with E-state index in [2.05, 4.69) is 6.92 Å². The molecule has 0 spiro atoms. The van der Waals surface area contributed by atoms with Crippen molar-refractivity contribution in [3.63, 3.8) is 0 Å². The Bertz CT molecular complexity index is 3830. The number of fused-ring (bicyclic) bond motifs is 7. The van der Waals surface area contributed by atoms with Gasteiger partial charge in [-0.1, -0.05) is 39.3 Å². The fourth-order valence-electron chi connectivity index (χ4n) is 21.9. The first kappa shape index (κ1) is 94.8. The van der Waals surface area contributed by atoms with E-state index in [-0.39, 0.29) is 55.8 Å². The maximum absolute atomic E-state index is 16.4. The van der Waals surface area contributed by atoms with Gasteiger partial charge in [-0.25, -0.2) is 4.79 Å². The van der Waals surface area contributed by atoms with Crippen molar-refractivity contribution in [3.8, 4) is 17.2 Å². The Kier molecular flexibility index (Phi) is 28.5. The number of hydrogen-bond acceptors (Lipinski definition) is 40. The molecule has 41 heteroatoms. The first-order valence-electron chi connectivity index (χ1n) is 41.5. The molecule has 5 aliphatic carbocycles. The molecule has 0 radical (unpaired) electrons. The third-order valence-electron chi connectivity index (χ3n) is 29.0. The van der Waals surface area contributed by atoms with Crippen molar-refractivity contribution in [1.82, 2.24) is 0 Å². The van der Waals surface area contributed by atoms with Gasteiger partial charge in [-0.2, -0.15) is 0 Å². The fraction of sp³-hybridized carbons (Fsp3) is 0.840. The van der Waals surface area contributed by atoms with E-state index in [0.717, 1.165) is 11.6 Å². The lowest BCUT2D eigenvalue weighted by molar-refractivity contribution is -0.404. The topological polar surface area (TPSA) is 622 Å². The minimum atomic E-state index is -2.36.